The maximum absolute atomic E-state index is 13.2. The van der Waals surface area contributed by atoms with E-state index in [1.165, 1.54) is 30.5 Å². The number of benzene rings is 2. The summed E-state index contributed by atoms with van der Waals surface area (Å²) in [6, 6.07) is 11.7. The van der Waals surface area contributed by atoms with E-state index in [-0.39, 0.29) is 17.7 Å². The summed E-state index contributed by atoms with van der Waals surface area (Å²) in [5.74, 6) is -0.181. The third-order valence-corrected chi connectivity index (χ3v) is 5.56. The molecule has 0 saturated carbocycles. The Labute approximate surface area is 196 Å². The van der Waals surface area contributed by atoms with Crippen molar-refractivity contribution in [2.75, 3.05) is 5.32 Å². The highest BCUT2D eigenvalue weighted by Crippen LogP contribution is 2.33. The van der Waals surface area contributed by atoms with Gasteiger partial charge in [-0.1, -0.05) is 47.5 Å². The van der Waals surface area contributed by atoms with Gasteiger partial charge >= 0.3 is 6.18 Å². The van der Waals surface area contributed by atoms with Gasteiger partial charge in [0.1, 0.15) is 5.52 Å². The molecule has 1 amide bonds. The van der Waals surface area contributed by atoms with Crippen LogP contribution in [0.4, 0.5) is 24.8 Å². The van der Waals surface area contributed by atoms with Crippen LogP contribution in [0, 0.1) is 0 Å². The number of nitrogens with one attached hydrogen (secondary N) is 2. The minimum atomic E-state index is -4.51. The van der Waals surface area contributed by atoms with Crippen molar-refractivity contribution >= 4 is 51.9 Å². The fourth-order valence-electron chi connectivity index (χ4n) is 3.27. The molecule has 2 aromatic heterocycles. The number of hydrogen-bond donors (Lipinski definition) is 2. The summed E-state index contributed by atoms with van der Waals surface area (Å²) in [4.78, 5) is 21.3. The van der Waals surface area contributed by atoms with Crippen LogP contribution in [-0.4, -0.2) is 20.4 Å². The highest BCUT2D eigenvalue weighted by atomic mass is 35.5. The predicted octanol–water partition coefficient (Wildman–Crippen LogP) is 5.97. The number of para-hydroxylation sites is 1. The first-order valence-electron chi connectivity index (χ1n) is 9.62. The number of aromatic nitrogens is 3. The van der Waals surface area contributed by atoms with Gasteiger partial charge in [0.2, 0.25) is 5.95 Å². The SMILES string of the molecule is Cn1c(Nc2c(Cl)cccc2Cl)nc2cc(C(=O)NCc3ccccc3C(F)(F)F)cnc21. The van der Waals surface area contributed by atoms with Crippen LogP contribution in [0.3, 0.4) is 0 Å². The molecule has 2 aromatic carbocycles. The summed E-state index contributed by atoms with van der Waals surface area (Å²) in [6.07, 6.45) is -3.18. The third-order valence-electron chi connectivity index (χ3n) is 4.93. The van der Waals surface area contributed by atoms with Crippen LogP contribution in [0.15, 0.2) is 54.7 Å². The van der Waals surface area contributed by atoms with Gasteiger partial charge in [-0.25, -0.2) is 9.97 Å². The van der Waals surface area contributed by atoms with Gasteiger partial charge in [0.05, 0.1) is 26.9 Å². The molecule has 0 bridgehead atoms. The van der Waals surface area contributed by atoms with Crippen LogP contribution in [0.5, 0.6) is 0 Å². The van der Waals surface area contributed by atoms with Gasteiger partial charge in [-0.3, -0.25) is 9.36 Å². The normalized spacial score (nSPS) is 11.6. The molecule has 0 spiro atoms. The highest BCUT2D eigenvalue weighted by Gasteiger charge is 2.32. The lowest BCUT2D eigenvalue weighted by Crippen LogP contribution is -2.24. The molecule has 0 aliphatic carbocycles. The number of alkyl halides is 3. The molecule has 4 rings (SSSR count). The van der Waals surface area contributed by atoms with E-state index in [9.17, 15) is 18.0 Å². The Morgan fingerprint density at radius 3 is 2.48 bits per heavy atom. The fourth-order valence-corrected chi connectivity index (χ4v) is 3.76. The number of amides is 1. The van der Waals surface area contributed by atoms with Crippen molar-refractivity contribution in [3.05, 3.63) is 81.5 Å². The van der Waals surface area contributed by atoms with Crippen LogP contribution in [-0.2, 0) is 19.8 Å². The quantitative estimate of drug-likeness (QED) is 0.359. The average molecular weight is 494 g/mol. The first-order chi connectivity index (χ1) is 15.6. The molecule has 2 heterocycles. The van der Waals surface area contributed by atoms with Gasteiger partial charge in [-0.05, 0) is 29.8 Å². The summed E-state index contributed by atoms with van der Waals surface area (Å²) in [6.45, 7) is -0.285. The van der Waals surface area contributed by atoms with Crippen molar-refractivity contribution in [2.24, 2.45) is 7.05 Å². The molecule has 2 N–H and O–H groups in total. The smallest absolute Gasteiger partial charge is 0.348 e. The number of halogens is 5. The molecule has 0 fully saturated rings. The Balaban J connectivity index is 1.56. The van der Waals surface area contributed by atoms with Crippen LogP contribution in [0.1, 0.15) is 21.5 Å². The molecule has 170 valence electrons. The lowest BCUT2D eigenvalue weighted by Gasteiger charge is -2.13. The number of anilines is 2. The molecule has 0 unspecified atom stereocenters. The Bertz CT molecular complexity index is 1330. The van der Waals surface area contributed by atoms with E-state index in [4.69, 9.17) is 23.2 Å². The number of nitrogens with zero attached hydrogens (tertiary/aromatic N) is 3. The van der Waals surface area contributed by atoms with Crippen molar-refractivity contribution < 1.29 is 18.0 Å². The molecule has 0 aliphatic heterocycles. The molecular formula is C22H16Cl2F3N5O. The number of imidazole rings is 1. The van der Waals surface area contributed by atoms with Crippen molar-refractivity contribution in [1.29, 1.82) is 0 Å². The number of fused-ring (bicyclic) bond motifs is 1. The number of aryl methyl sites for hydroxylation is 1. The molecule has 33 heavy (non-hydrogen) atoms. The topological polar surface area (TPSA) is 71.8 Å². The van der Waals surface area contributed by atoms with Gasteiger partial charge in [0.25, 0.3) is 5.91 Å². The van der Waals surface area contributed by atoms with Crippen LogP contribution < -0.4 is 10.6 Å². The molecule has 11 heteroatoms. The summed E-state index contributed by atoms with van der Waals surface area (Å²) >= 11 is 12.4. The van der Waals surface area contributed by atoms with Gasteiger partial charge in [-0.15, -0.1) is 0 Å². The van der Waals surface area contributed by atoms with E-state index in [0.29, 0.717) is 32.8 Å². The maximum atomic E-state index is 13.2. The zero-order chi connectivity index (χ0) is 23.8. The first-order valence-corrected chi connectivity index (χ1v) is 10.4. The highest BCUT2D eigenvalue weighted by molar-refractivity contribution is 6.39. The van der Waals surface area contributed by atoms with Gasteiger partial charge in [-0.2, -0.15) is 13.2 Å². The van der Waals surface area contributed by atoms with Crippen LogP contribution in [0.2, 0.25) is 10.0 Å². The number of hydrogen-bond acceptors (Lipinski definition) is 4. The fraction of sp³-hybridized carbons (Fsp3) is 0.136. The van der Waals surface area contributed by atoms with E-state index in [1.807, 2.05) is 0 Å². The molecule has 0 atom stereocenters. The van der Waals surface area contributed by atoms with E-state index < -0.39 is 17.6 Å². The van der Waals surface area contributed by atoms with Gasteiger partial charge in [0, 0.05) is 19.8 Å². The minimum Gasteiger partial charge on any atom is -0.348 e. The second-order valence-corrected chi connectivity index (χ2v) is 7.93. The Morgan fingerprint density at radius 2 is 1.79 bits per heavy atom. The number of carbonyl (C=O) groups is 1. The van der Waals surface area contributed by atoms with E-state index >= 15 is 0 Å². The van der Waals surface area contributed by atoms with E-state index in [2.05, 4.69) is 20.6 Å². The third kappa shape index (κ3) is 4.74. The van der Waals surface area contributed by atoms with Crippen molar-refractivity contribution in [2.45, 2.75) is 12.7 Å². The number of pyridine rings is 1. The maximum Gasteiger partial charge on any atom is 0.416 e. The van der Waals surface area contributed by atoms with Gasteiger partial charge in [0.15, 0.2) is 5.65 Å². The summed E-state index contributed by atoms with van der Waals surface area (Å²) in [5.41, 5.74) is 0.699. The monoisotopic (exact) mass is 493 g/mol. The second-order valence-electron chi connectivity index (χ2n) is 7.12. The minimum absolute atomic E-state index is 0.0340. The lowest BCUT2D eigenvalue weighted by atomic mass is 10.1. The van der Waals surface area contributed by atoms with Crippen molar-refractivity contribution in [3.8, 4) is 0 Å². The lowest BCUT2D eigenvalue weighted by molar-refractivity contribution is -0.138. The Kier molecular flexibility index (Phi) is 6.18. The molecule has 0 aliphatic rings. The average Bonchev–Trinajstić information content (AvgIpc) is 3.09. The summed E-state index contributed by atoms with van der Waals surface area (Å²) in [5, 5.41) is 6.37. The summed E-state index contributed by atoms with van der Waals surface area (Å²) < 4.78 is 41.1. The molecular weight excluding hydrogens is 478 g/mol. The van der Waals surface area contributed by atoms with Gasteiger partial charge < -0.3 is 10.6 Å². The first kappa shape index (κ1) is 22.9. The summed E-state index contributed by atoms with van der Waals surface area (Å²) in [7, 11) is 1.73. The second kappa shape index (κ2) is 8.92. The van der Waals surface area contributed by atoms with E-state index in [1.54, 1.807) is 29.8 Å². The molecule has 6 nitrogen and oxygen atoms in total. The van der Waals surface area contributed by atoms with E-state index in [0.717, 1.165) is 6.07 Å². The predicted molar refractivity (Wildman–Crippen MR) is 121 cm³/mol. The zero-order valence-electron chi connectivity index (χ0n) is 17.0. The Hall–Kier alpha value is -3.30. The Morgan fingerprint density at radius 1 is 1.09 bits per heavy atom. The van der Waals surface area contributed by atoms with Crippen molar-refractivity contribution in [1.82, 2.24) is 19.9 Å². The molecule has 0 saturated heterocycles. The van der Waals surface area contributed by atoms with Crippen LogP contribution in [0.25, 0.3) is 11.2 Å². The number of rotatable bonds is 5. The number of carbonyl (C=O) groups excluding carboxylic acids is 1. The van der Waals surface area contributed by atoms with Crippen LogP contribution >= 0.6 is 23.2 Å². The molecule has 4 aromatic rings. The van der Waals surface area contributed by atoms with Crippen molar-refractivity contribution in [3.63, 3.8) is 0 Å². The molecule has 0 radical (unpaired) electrons. The standard InChI is InChI=1S/C22H16Cl2F3N5O/c1-32-19-17(30-21(32)31-18-15(23)7-4-8-16(18)24)9-13(11-28-19)20(33)29-10-12-5-2-3-6-14(12)22(25,26)27/h2-9,11H,10H2,1H3,(H,29,33)(H,30,31). The zero-order valence-corrected chi connectivity index (χ0v) is 18.6. The largest absolute Gasteiger partial charge is 0.416 e.